The van der Waals surface area contributed by atoms with Crippen molar-refractivity contribution in [1.82, 2.24) is 10.2 Å². The number of hydrogen-bond donors (Lipinski definition) is 2. The van der Waals surface area contributed by atoms with Crippen LogP contribution in [-0.2, 0) is 6.54 Å². The molecule has 1 fully saturated rings. The predicted molar refractivity (Wildman–Crippen MR) is 88.8 cm³/mol. The van der Waals surface area contributed by atoms with Gasteiger partial charge in [0, 0.05) is 45.0 Å². The lowest BCUT2D eigenvalue weighted by molar-refractivity contribution is 0.271. The summed E-state index contributed by atoms with van der Waals surface area (Å²) in [5.41, 5.74) is 2.67. The van der Waals surface area contributed by atoms with E-state index in [0.717, 1.165) is 45.6 Å². The van der Waals surface area contributed by atoms with Gasteiger partial charge in [-0.15, -0.1) is 0 Å². The van der Waals surface area contributed by atoms with Crippen LogP contribution < -0.4 is 10.2 Å². The van der Waals surface area contributed by atoms with Crippen LogP contribution in [0, 0.1) is 0 Å². The minimum atomic E-state index is 0.293. The number of aliphatic hydroxyl groups is 1. The van der Waals surface area contributed by atoms with Crippen molar-refractivity contribution in [2.45, 2.75) is 26.3 Å². The summed E-state index contributed by atoms with van der Waals surface area (Å²) >= 11 is 0. The zero-order valence-electron chi connectivity index (χ0n) is 13.2. The fraction of sp³-hybridized carbons (Fsp3) is 0.647. The number of nitrogens with zero attached hydrogens (tertiary/aromatic N) is 2. The van der Waals surface area contributed by atoms with Crippen LogP contribution in [0.25, 0.3) is 0 Å². The molecular weight excluding hydrogens is 262 g/mol. The molecule has 0 unspecified atom stereocenters. The molecular formula is C17H29N3O. The van der Waals surface area contributed by atoms with E-state index in [2.05, 4.69) is 46.3 Å². The summed E-state index contributed by atoms with van der Waals surface area (Å²) in [5.74, 6) is 0. The van der Waals surface area contributed by atoms with Gasteiger partial charge < -0.3 is 20.2 Å². The summed E-state index contributed by atoms with van der Waals surface area (Å²) < 4.78 is 0. The van der Waals surface area contributed by atoms with E-state index in [9.17, 15) is 0 Å². The molecule has 1 heterocycles. The van der Waals surface area contributed by atoms with E-state index < -0.39 is 0 Å². The normalized spacial score (nSPS) is 16.4. The first-order valence-electron chi connectivity index (χ1n) is 8.21. The molecule has 21 heavy (non-hydrogen) atoms. The summed E-state index contributed by atoms with van der Waals surface area (Å²) in [6, 6.07) is 8.93. The van der Waals surface area contributed by atoms with Crippen molar-refractivity contribution >= 4 is 5.69 Å². The van der Waals surface area contributed by atoms with Crippen molar-refractivity contribution in [2.75, 3.05) is 50.8 Å². The fourth-order valence-electron chi connectivity index (χ4n) is 2.74. The number of rotatable bonds is 8. The Kier molecular flexibility index (Phi) is 7.00. The van der Waals surface area contributed by atoms with Crippen LogP contribution in [0.1, 0.15) is 25.3 Å². The van der Waals surface area contributed by atoms with Gasteiger partial charge in [0.1, 0.15) is 0 Å². The molecule has 1 aliphatic rings. The quantitative estimate of drug-likeness (QED) is 0.715. The maximum Gasteiger partial charge on any atom is 0.0431 e. The van der Waals surface area contributed by atoms with Crippen LogP contribution in [0.2, 0.25) is 0 Å². The van der Waals surface area contributed by atoms with E-state index in [0.29, 0.717) is 6.61 Å². The standard InChI is InChI=1S/C17H29N3O/c1-2-19-10-12-20(13-11-19)17-7-5-16(6-8-17)15-18-9-3-4-14-21/h5-8,18,21H,2-4,9-15H2,1H3. The lowest BCUT2D eigenvalue weighted by Crippen LogP contribution is -2.46. The zero-order valence-corrected chi connectivity index (χ0v) is 13.2. The molecule has 2 N–H and O–H groups in total. The van der Waals surface area contributed by atoms with Gasteiger partial charge in [-0.2, -0.15) is 0 Å². The highest BCUT2D eigenvalue weighted by molar-refractivity contribution is 5.48. The van der Waals surface area contributed by atoms with Crippen molar-refractivity contribution < 1.29 is 5.11 Å². The van der Waals surface area contributed by atoms with Crippen LogP contribution in [0.4, 0.5) is 5.69 Å². The number of aliphatic hydroxyl groups excluding tert-OH is 1. The van der Waals surface area contributed by atoms with E-state index >= 15 is 0 Å². The molecule has 0 bridgehead atoms. The Labute approximate surface area is 128 Å². The molecule has 0 radical (unpaired) electrons. The van der Waals surface area contributed by atoms with E-state index in [1.54, 1.807) is 0 Å². The monoisotopic (exact) mass is 291 g/mol. The van der Waals surface area contributed by atoms with Crippen molar-refractivity contribution in [3.8, 4) is 0 Å². The maximum absolute atomic E-state index is 8.73. The van der Waals surface area contributed by atoms with Crippen molar-refractivity contribution in [3.63, 3.8) is 0 Å². The Balaban J connectivity index is 1.74. The third-order valence-electron chi connectivity index (χ3n) is 4.21. The number of benzene rings is 1. The average molecular weight is 291 g/mol. The van der Waals surface area contributed by atoms with E-state index in [1.807, 2.05) is 0 Å². The molecule has 1 aromatic rings. The van der Waals surface area contributed by atoms with Gasteiger partial charge in [-0.3, -0.25) is 0 Å². The van der Waals surface area contributed by atoms with Crippen LogP contribution >= 0.6 is 0 Å². The highest BCUT2D eigenvalue weighted by Gasteiger charge is 2.15. The van der Waals surface area contributed by atoms with Gasteiger partial charge >= 0.3 is 0 Å². The molecule has 0 aliphatic carbocycles. The Morgan fingerprint density at radius 3 is 2.38 bits per heavy atom. The van der Waals surface area contributed by atoms with Crippen molar-refractivity contribution in [2.24, 2.45) is 0 Å². The number of anilines is 1. The average Bonchev–Trinajstić information content (AvgIpc) is 2.55. The summed E-state index contributed by atoms with van der Waals surface area (Å²) in [7, 11) is 0. The maximum atomic E-state index is 8.73. The third-order valence-corrected chi connectivity index (χ3v) is 4.21. The van der Waals surface area contributed by atoms with Gasteiger partial charge in [0.2, 0.25) is 0 Å². The first kappa shape index (κ1) is 16.3. The molecule has 1 aliphatic heterocycles. The topological polar surface area (TPSA) is 38.7 Å². The number of unbranched alkanes of at least 4 members (excludes halogenated alkanes) is 1. The molecule has 0 saturated carbocycles. The molecule has 0 spiro atoms. The minimum Gasteiger partial charge on any atom is -0.396 e. The smallest absolute Gasteiger partial charge is 0.0431 e. The Morgan fingerprint density at radius 2 is 1.76 bits per heavy atom. The van der Waals surface area contributed by atoms with Gasteiger partial charge in [0.05, 0.1) is 0 Å². The summed E-state index contributed by atoms with van der Waals surface area (Å²) in [4.78, 5) is 4.98. The second kappa shape index (κ2) is 9.03. The summed E-state index contributed by atoms with van der Waals surface area (Å²) in [5, 5.41) is 12.2. The van der Waals surface area contributed by atoms with Crippen LogP contribution in [0.3, 0.4) is 0 Å². The molecule has 1 saturated heterocycles. The van der Waals surface area contributed by atoms with Gasteiger partial charge in [-0.1, -0.05) is 19.1 Å². The first-order valence-corrected chi connectivity index (χ1v) is 8.21. The number of piperazine rings is 1. The SMILES string of the molecule is CCN1CCN(c2ccc(CNCCCCO)cc2)CC1. The lowest BCUT2D eigenvalue weighted by atomic mass is 10.1. The van der Waals surface area contributed by atoms with Crippen LogP contribution in [0.15, 0.2) is 24.3 Å². The van der Waals surface area contributed by atoms with Crippen LogP contribution in [0.5, 0.6) is 0 Å². The number of nitrogens with one attached hydrogen (secondary N) is 1. The molecule has 118 valence electrons. The highest BCUT2D eigenvalue weighted by Crippen LogP contribution is 2.17. The molecule has 1 aromatic carbocycles. The molecule has 0 atom stereocenters. The van der Waals surface area contributed by atoms with E-state index in [1.165, 1.54) is 24.3 Å². The highest BCUT2D eigenvalue weighted by atomic mass is 16.2. The Morgan fingerprint density at radius 1 is 1.05 bits per heavy atom. The molecule has 2 rings (SSSR count). The molecule has 4 heteroatoms. The fourth-order valence-corrected chi connectivity index (χ4v) is 2.74. The number of hydrogen-bond acceptors (Lipinski definition) is 4. The van der Waals surface area contributed by atoms with E-state index in [4.69, 9.17) is 5.11 Å². The minimum absolute atomic E-state index is 0.293. The van der Waals surface area contributed by atoms with Crippen molar-refractivity contribution in [1.29, 1.82) is 0 Å². The second-order valence-corrected chi connectivity index (χ2v) is 5.70. The Bertz CT molecular complexity index is 386. The predicted octanol–water partition coefficient (Wildman–Crippen LogP) is 1.69. The van der Waals surface area contributed by atoms with Crippen molar-refractivity contribution in [3.05, 3.63) is 29.8 Å². The largest absolute Gasteiger partial charge is 0.396 e. The summed E-state index contributed by atoms with van der Waals surface area (Å²) in [6.45, 7) is 10.2. The van der Waals surface area contributed by atoms with Gasteiger partial charge in [-0.05, 0) is 43.6 Å². The summed E-state index contributed by atoms with van der Waals surface area (Å²) in [6.07, 6.45) is 1.92. The third kappa shape index (κ3) is 5.30. The van der Waals surface area contributed by atoms with Crippen LogP contribution in [-0.4, -0.2) is 55.9 Å². The zero-order chi connectivity index (χ0) is 14.9. The first-order chi connectivity index (χ1) is 10.3. The van der Waals surface area contributed by atoms with Gasteiger partial charge in [0.25, 0.3) is 0 Å². The number of likely N-dealkylation sites (N-methyl/N-ethyl adjacent to an activating group) is 1. The lowest BCUT2D eigenvalue weighted by Gasteiger charge is -2.35. The molecule has 0 amide bonds. The molecule has 0 aromatic heterocycles. The van der Waals surface area contributed by atoms with E-state index in [-0.39, 0.29) is 0 Å². The van der Waals surface area contributed by atoms with Gasteiger partial charge in [-0.25, -0.2) is 0 Å². The molecule has 4 nitrogen and oxygen atoms in total. The second-order valence-electron chi connectivity index (χ2n) is 5.70. The van der Waals surface area contributed by atoms with Gasteiger partial charge in [0.15, 0.2) is 0 Å². The Hall–Kier alpha value is -1.10.